The number of nitrogen functional groups attached to an aromatic ring is 1. The molecule has 0 spiro atoms. The highest BCUT2D eigenvalue weighted by Gasteiger charge is 2.03. The number of aliphatic hydroxyl groups excluding tert-OH is 1. The van der Waals surface area contributed by atoms with Gasteiger partial charge in [-0.3, -0.25) is 4.68 Å². The highest BCUT2D eigenvalue weighted by atomic mass is 16.2. The maximum atomic E-state index is 8.66. The minimum Gasteiger partial charge on any atom is -0.396 e. The zero-order chi connectivity index (χ0) is 8.97. The molecule has 12 heavy (non-hydrogen) atoms. The van der Waals surface area contributed by atoms with Crippen molar-refractivity contribution >= 4 is 0 Å². The molecule has 1 heterocycles. The Morgan fingerprint density at radius 1 is 1.58 bits per heavy atom. The van der Waals surface area contributed by atoms with Crippen molar-refractivity contribution < 1.29 is 5.11 Å². The first kappa shape index (κ1) is 9.13. The fourth-order valence-corrected chi connectivity index (χ4v) is 1.43. The summed E-state index contributed by atoms with van der Waals surface area (Å²) in [5, 5.41) is 8.66. The molecule has 68 valence electrons. The molecule has 0 aliphatic rings. The summed E-state index contributed by atoms with van der Waals surface area (Å²) in [5.41, 5.74) is 2.43. The second-order valence-corrected chi connectivity index (χ2v) is 2.88. The molecule has 0 amide bonds. The molecule has 0 saturated heterocycles. The van der Waals surface area contributed by atoms with Gasteiger partial charge in [-0.05, 0) is 30.9 Å². The molecule has 0 atom stereocenters. The SMILES string of the molecule is CCc1c(CCCO)ccn1N. The standard InChI is InChI=1S/C9H16N2O/c1-2-9-8(4-3-7-12)5-6-11(9)10/h5-6,12H,2-4,7,10H2,1H3. The molecule has 3 nitrogen and oxygen atoms in total. The van der Waals surface area contributed by atoms with Crippen LogP contribution in [0.5, 0.6) is 0 Å². The van der Waals surface area contributed by atoms with Crippen molar-refractivity contribution in [2.75, 3.05) is 12.4 Å². The molecule has 0 aliphatic carbocycles. The molecule has 0 saturated carbocycles. The number of aromatic nitrogens is 1. The summed E-state index contributed by atoms with van der Waals surface area (Å²) in [6.45, 7) is 2.33. The van der Waals surface area contributed by atoms with Crippen LogP contribution in [0.4, 0.5) is 0 Å². The van der Waals surface area contributed by atoms with Crippen LogP contribution in [0.15, 0.2) is 12.3 Å². The third-order valence-electron chi connectivity index (χ3n) is 2.06. The van der Waals surface area contributed by atoms with E-state index in [1.54, 1.807) is 4.68 Å². The van der Waals surface area contributed by atoms with Gasteiger partial charge in [-0.2, -0.15) is 0 Å². The van der Waals surface area contributed by atoms with Crippen LogP contribution >= 0.6 is 0 Å². The average molecular weight is 168 g/mol. The number of nitrogens with zero attached hydrogens (tertiary/aromatic N) is 1. The van der Waals surface area contributed by atoms with Gasteiger partial charge in [-0.25, -0.2) is 0 Å². The molecule has 1 rings (SSSR count). The minimum absolute atomic E-state index is 0.249. The van der Waals surface area contributed by atoms with Crippen molar-refractivity contribution in [2.45, 2.75) is 26.2 Å². The average Bonchev–Trinajstić information content (AvgIpc) is 2.43. The van der Waals surface area contributed by atoms with Gasteiger partial charge in [0.05, 0.1) is 0 Å². The number of aryl methyl sites for hydroxylation is 1. The van der Waals surface area contributed by atoms with Crippen LogP contribution in [-0.4, -0.2) is 16.4 Å². The lowest BCUT2D eigenvalue weighted by Crippen LogP contribution is -2.11. The van der Waals surface area contributed by atoms with Gasteiger partial charge in [-0.15, -0.1) is 0 Å². The Kier molecular flexibility index (Phi) is 3.17. The zero-order valence-electron chi connectivity index (χ0n) is 7.45. The summed E-state index contributed by atoms with van der Waals surface area (Å²) < 4.78 is 1.66. The number of hydrogen-bond acceptors (Lipinski definition) is 2. The summed E-state index contributed by atoms with van der Waals surface area (Å²) in [6, 6.07) is 2.02. The normalized spacial score (nSPS) is 10.5. The summed E-state index contributed by atoms with van der Waals surface area (Å²) >= 11 is 0. The molecule has 0 radical (unpaired) electrons. The molecular formula is C9H16N2O. The topological polar surface area (TPSA) is 51.2 Å². The molecule has 3 N–H and O–H groups in total. The van der Waals surface area contributed by atoms with Gasteiger partial charge in [0.15, 0.2) is 0 Å². The molecule has 0 aliphatic heterocycles. The van der Waals surface area contributed by atoms with E-state index in [2.05, 4.69) is 6.92 Å². The lowest BCUT2D eigenvalue weighted by Gasteiger charge is -2.03. The Balaban J connectivity index is 2.70. The first-order valence-corrected chi connectivity index (χ1v) is 4.34. The first-order valence-electron chi connectivity index (χ1n) is 4.34. The summed E-state index contributed by atoms with van der Waals surface area (Å²) in [4.78, 5) is 0. The molecule has 0 aromatic carbocycles. The van der Waals surface area contributed by atoms with Gasteiger partial charge < -0.3 is 10.9 Å². The third kappa shape index (κ3) is 1.80. The molecule has 0 unspecified atom stereocenters. The lowest BCUT2D eigenvalue weighted by atomic mass is 10.1. The van der Waals surface area contributed by atoms with Gasteiger partial charge in [0.2, 0.25) is 0 Å². The van der Waals surface area contributed by atoms with Crippen LogP contribution < -0.4 is 5.84 Å². The van der Waals surface area contributed by atoms with E-state index in [0.29, 0.717) is 0 Å². The first-order chi connectivity index (χ1) is 5.79. The molecule has 0 bridgehead atoms. The predicted molar refractivity (Wildman–Crippen MR) is 49.4 cm³/mol. The molecule has 1 aromatic rings. The smallest absolute Gasteiger partial charge is 0.0434 e. The van der Waals surface area contributed by atoms with Crippen molar-refractivity contribution in [3.63, 3.8) is 0 Å². The Bertz CT molecular complexity index is 243. The Morgan fingerprint density at radius 2 is 2.33 bits per heavy atom. The molecule has 0 fully saturated rings. The maximum absolute atomic E-state index is 8.66. The van der Waals surface area contributed by atoms with Crippen LogP contribution in [0.1, 0.15) is 24.6 Å². The van der Waals surface area contributed by atoms with E-state index in [9.17, 15) is 0 Å². The summed E-state index contributed by atoms with van der Waals surface area (Å²) in [7, 11) is 0. The molecule has 3 heteroatoms. The Morgan fingerprint density at radius 3 is 2.92 bits per heavy atom. The van der Waals surface area contributed by atoms with Gasteiger partial charge in [-0.1, -0.05) is 6.92 Å². The Hall–Kier alpha value is -0.960. The van der Waals surface area contributed by atoms with Crippen molar-refractivity contribution in [2.24, 2.45) is 0 Å². The van der Waals surface area contributed by atoms with E-state index in [1.807, 2.05) is 12.3 Å². The lowest BCUT2D eigenvalue weighted by molar-refractivity contribution is 0.288. The third-order valence-corrected chi connectivity index (χ3v) is 2.06. The highest BCUT2D eigenvalue weighted by molar-refractivity contribution is 5.22. The van der Waals surface area contributed by atoms with E-state index < -0.39 is 0 Å². The van der Waals surface area contributed by atoms with Crippen molar-refractivity contribution in [3.05, 3.63) is 23.5 Å². The van der Waals surface area contributed by atoms with Crippen LogP contribution in [0.3, 0.4) is 0 Å². The van der Waals surface area contributed by atoms with Crippen molar-refractivity contribution in [3.8, 4) is 0 Å². The largest absolute Gasteiger partial charge is 0.396 e. The highest BCUT2D eigenvalue weighted by Crippen LogP contribution is 2.11. The number of rotatable bonds is 4. The summed E-state index contributed by atoms with van der Waals surface area (Å²) in [6.07, 6.45) is 4.55. The Labute approximate surface area is 72.8 Å². The van der Waals surface area contributed by atoms with E-state index in [4.69, 9.17) is 10.9 Å². The fraction of sp³-hybridized carbons (Fsp3) is 0.556. The monoisotopic (exact) mass is 168 g/mol. The second kappa shape index (κ2) is 4.16. The van der Waals surface area contributed by atoms with Gasteiger partial charge in [0.1, 0.15) is 0 Å². The maximum Gasteiger partial charge on any atom is 0.0434 e. The van der Waals surface area contributed by atoms with Crippen LogP contribution in [0.25, 0.3) is 0 Å². The van der Waals surface area contributed by atoms with Gasteiger partial charge >= 0.3 is 0 Å². The minimum atomic E-state index is 0.249. The molecular weight excluding hydrogens is 152 g/mol. The van der Waals surface area contributed by atoms with Crippen LogP contribution in [-0.2, 0) is 12.8 Å². The molecule has 1 aromatic heterocycles. The van der Waals surface area contributed by atoms with E-state index >= 15 is 0 Å². The number of nitrogens with two attached hydrogens (primary N) is 1. The quantitative estimate of drug-likeness (QED) is 0.650. The second-order valence-electron chi connectivity index (χ2n) is 2.88. The summed E-state index contributed by atoms with van der Waals surface area (Å²) in [5.74, 6) is 5.68. The van der Waals surface area contributed by atoms with Gasteiger partial charge in [0.25, 0.3) is 0 Å². The van der Waals surface area contributed by atoms with E-state index in [0.717, 1.165) is 19.3 Å². The fourth-order valence-electron chi connectivity index (χ4n) is 1.43. The number of hydrogen-bond donors (Lipinski definition) is 2. The van der Waals surface area contributed by atoms with Crippen molar-refractivity contribution in [1.82, 2.24) is 4.68 Å². The van der Waals surface area contributed by atoms with E-state index in [-0.39, 0.29) is 6.61 Å². The van der Waals surface area contributed by atoms with Gasteiger partial charge in [0, 0.05) is 18.5 Å². The van der Waals surface area contributed by atoms with E-state index in [1.165, 1.54) is 11.3 Å². The zero-order valence-corrected chi connectivity index (χ0v) is 7.45. The van der Waals surface area contributed by atoms with Crippen LogP contribution in [0.2, 0.25) is 0 Å². The van der Waals surface area contributed by atoms with Crippen LogP contribution in [0, 0.1) is 0 Å². The number of aliphatic hydroxyl groups is 1. The predicted octanol–water partition coefficient (Wildman–Crippen LogP) is 0.689. The van der Waals surface area contributed by atoms with Crippen molar-refractivity contribution in [1.29, 1.82) is 0 Å².